The predicted molar refractivity (Wildman–Crippen MR) is 92.0 cm³/mol. The fourth-order valence-electron chi connectivity index (χ4n) is 2.97. The lowest BCUT2D eigenvalue weighted by Gasteiger charge is -2.13. The Kier molecular flexibility index (Phi) is 5.11. The third-order valence-electron chi connectivity index (χ3n) is 4.22. The molecule has 8 heteroatoms. The van der Waals surface area contributed by atoms with Crippen molar-refractivity contribution in [2.24, 2.45) is 0 Å². The van der Waals surface area contributed by atoms with Crippen LogP contribution in [0.15, 0.2) is 30.3 Å². The van der Waals surface area contributed by atoms with Gasteiger partial charge in [0.05, 0.1) is 5.56 Å². The molecule has 2 N–H and O–H groups in total. The van der Waals surface area contributed by atoms with Crippen molar-refractivity contribution in [3.63, 3.8) is 0 Å². The fourth-order valence-corrected chi connectivity index (χ4v) is 2.97. The Morgan fingerprint density at radius 1 is 1.15 bits per heavy atom. The van der Waals surface area contributed by atoms with Crippen molar-refractivity contribution in [3.8, 4) is 0 Å². The Hall–Kier alpha value is -2.64. The molecule has 1 fully saturated rings. The van der Waals surface area contributed by atoms with Gasteiger partial charge < -0.3 is 10.6 Å². The van der Waals surface area contributed by atoms with E-state index in [0.717, 1.165) is 37.8 Å². The third kappa shape index (κ3) is 4.50. The van der Waals surface area contributed by atoms with Gasteiger partial charge >= 0.3 is 6.18 Å². The summed E-state index contributed by atoms with van der Waals surface area (Å²) in [6.45, 7) is 1.74. The van der Waals surface area contributed by atoms with E-state index in [9.17, 15) is 18.0 Å². The zero-order chi connectivity index (χ0) is 18.7. The first-order chi connectivity index (χ1) is 12.3. The van der Waals surface area contributed by atoms with Gasteiger partial charge in [0.2, 0.25) is 5.95 Å². The molecule has 1 aromatic carbocycles. The van der Waals surface area contributed by atoms with E-state index >= 15 is 0 Å². The monoisotopic (exact) mass is 364 g/mol. The number of nitrogens with one attached hydrogen (secondary N) is 2. The van der Waals surface area contributed by atoms with E-state index in [1.54, 1.807) is 6.92 Å². The second kappa shape index (κ2) is 7.31. The Morgan fingerprint density at radius 2 is 1.88 bits per heavy atom. The normalized spacial score (nSPS) is 15.1. The molecule has 5 nitrogen and oxygen atoms in total. The Morgan fingerprint density at radius 3 is 2.58 bits per heavy atom. The summed E-state index contributed by atoms with van der Waals surface area (Å²) in [7, 11) is 0. The van der Waals surface area contributed by atoms with E-state index in [1.165, 1.54) is 18.2 Å². The van der Waals surface area contributed by atoms with Gasteiger partial charge in [-0.1, -0.05) is 18.9 Å². The van der Waals surface area contributed by atoms with Gasteiger partial charge in [-0.25, -0.2) is 9.97 Å². The van der Waals surface area contributed by atoms with Crippen molar-refractivity contribution < 1.29 is 18.0 Å². The highest BCUT2D eigenvalue weighted by Crippen LogP contribution is 2.30. The molecule has 26 heavy (non-hydrogen) atoms. The summed E-state index contributed by atoms with van der Waals surface area (Å²) < 4.78 is 38.4. The average Bonchev–Trinajstić information content (AvgIpc) is 3.06. The quantitative estimate of drug-likeness (QED) is 0.843. The van der Waals surface area contributed by atoms with Gasteiger partial charge in [-0.15, -0.1) is 0 Å². The largest absolute Gasteiger partial charge is 0.416 e. The number of aryl methyl sites for hydroxylation is 1. The molecule has 1 aliphatic carbocycles. The van der Waals surface area contributed by atoms with Gasteiger partial charge in [0, 0.05) is 17.4 Å². The number of aromatic nitrogens is 2. The maximum Gasteiger partial charge on any atom is 0.416 e. The molecule has 1 amide bonds. The molecule has 0 saturated heterocycles. The highest BCUT2D eigenvalue weighted by atomic mass is 19.4. The number of nitrogens with zero attached hydrogens (tertiary/aromatic N) is 2. The maximum absolute atomic E-state index is 12.8. The molecule has 1 aliphatic rings. The summed E-state index contributed by atoms with van der Waals surface area (Å²) in [5, 5.41) is 5.68. The van der Waals surface area contributed by atoms with Gasteiger partial charge in [-0.2, -0.15) is 13.2 Å². The first-order valence-electron chi connectivity index (χ1n) is 8.42. The lowest BCUT2D eigenvalue weighted by Crippen LogP contribution is -2.20. The zero-order valence-corrected chi connectivity index (χ0v) is 14.2. The number of alkyl halides is 3. The van der Waals surface area contributed by atoms with Gasteiger partial charge in [0.25, 0.3) is 5.91 Å². The van der Waals surface area contributed by atoms with E-state index in [4.69, 9.17) is 0 Å². The van der Waals surface area contributed by atoms with Crippen molar-refractivity contribution in [1.29, 1.82) is 0 Å². The number of rotatable bonds is 4. The summed E-state index contributed by atoms with van der Waals surface area (Å²) in [5.74, 6) is -0.213. The van der Waals surface area contributed by atoms with Crippen LogP contribution in [0.2, 0.25) is 0 Å². The average molecular weight is 364 g/mol. The summed E-state index contributed by atoms with van der Waals surface area (Å²) in [5.41, 5.74) is -0.0470. The molecule has 0 bridgehead atoms. The molecule has 138 valence electrons. The molecule has 0 unspecified atom stereocenters. The van der Waals surface area contributed by atoms with Crippen LogP contribution in [0.3, 0.4) is 0 Å². The number of hydrogen-bond donors (Lipinski definition) is 2. The second-order valence-corrected chi connectivity index (χ2v) is 6.38. The van der Waals surface area contributed by atoms with Crippen molar-refractivity contribution >= 4 is 17.5 Å². The van der Waals surface area contributed by atoms with E-state index in [-0.39, 0.29) is 17.4 Å². The van der Waals surface area contributed by atoms with Crippen molar-refractivity contribution in [1.82, 2.24) is 9.97 Å². The number of carbonyl (C=O) groups is 1. The molecule has 2 aromatic rings. The van der Waals surface area contributed by atoms with Crippen LogP contribution in [-0.4, -0.2) is 21.9 Å². The maximum atomic E-state index is 12.8. The van der Waals surface area contributed by atoms with E-state index in [2.05, 4.69) is 20.6 Å². The highest BCUT2D eigenvalue weighted by Gasteiger charge is 2.30. The zero-order valence-electron chi connectivity index (χ0n) is 14.2. The topological polar surface area (TPSA) is 66.9 Å². The SMILES string of the molecule is Cc1cc(C(=O)Nc2cccc(C(F)(F)F)c2)nc(NC2CCCC2)n1. The molecular weight excluding hydrogens is 345 g/mol. The van der Waals surface area contributed by atoms with Crippen LogP contribution < -0.4 is 10.6 Å². The molecule has 0 spiro atoms. The summed E-state index contributed by atoms with van der Waals surface area (Å²) >= 11 is 0. The highest BCUT2D eigenvalue weighted by molar-refractivity contribution is 6.03. The number of carbonyl (C=O) groups excluding carboxylic acids is 1. The first kappa shape index (κ1) is 18.2. The van der Waals surface area contributed by atoms with Crippen LogP contribution in [0.5, 0.6) is 0 Å². The van der Waals surface area contributed by atoms with Crippen LogP contribution in [0.25, 0.3) is 0 Å². The van der Waals surface area contributed by atoms with Crippen LogP contribution in [0.1, 0.15) is 47.4 Å². The van der Waals surface area contributed by atoms with Crippen LogP contribution >= 0.6 is 0 Å². The molecule has 1 aromatic heterocycles. The second-order valence-electron chi connectivity index (χ2n) is 6.38. The molecule has 0 atom stereocenters. The number of amides is 1. The van der Waals surface area contributed by atoms with E-state index in [1.807, 2.05) is 0 Å². The minimum atomic E-state index is -4.47. The van der Waals surface area contributed by atoms with Crippen LogP contribution in [0, 0.1) is 6.92 Å². The van der Waals surface area contributed by atoms with Gasteiger partial charge in [0.1, 0.15) is 5.69 Å². The lowest BCUT2D eigenvalue weighted by atomic mass is 10.2. The molecule has 0 radical (unpaired) electrons. The van der Waals surface area contributed by atoms with E-state index in [0.29, 0.717) is 11.6 Å². The summed E-state index contributed by atoms with van der Waals surface area (Å²) in [6.07, 6.45) is -0.116. The van der Waals surface area contributed by atoms with Crippen molar-refractivity contribution in [2.45, 2.75) is 44.8 Å². The summed E-state index contributed by atoms with van der Waals surface area (Å²) in [4.78, 5) is 20.9. The fraction of sp³-hybridized carbons (Fsp3) is 0.389. The predicted octanol–water partition coefficient (Wildman–Crippen LogP) is 4.41. The van der Waals surface area contributed by atoms with Crippen molar-refractivity contribution in [2.75, 3.05) is 10.6 Å². The number of halogens is 3. The standard InChI is InChI=1S/C18H19F3N4O/c1-11-9-15(25-17(22-11)24-13-6-2-3-7-13)16(26)23-14-8-4-5-12(10-14)18(19,20)21/h4-5,8-10,13H,2-3,6-7H2,1H3,(H,23,26)(H,22,24,25). The smallest absolute Gasteiger partial charge is 0.351 e. The van der Waals surface area contributed by atoms with Crippen LogP contribution in [-0.2, 0) is 6.18 Å². The minimum absolute atomic E-state index is 0.0615. The van der Waals surface area contributed by atoms with Gasteiger partial charge in [-0.05, 0) is 44.0 Å². The first-order valence-corrected chi connectivity index (χ1v) is 8.42. The summed E-state index contributed by atoms with van der Waals surface area (Å²) in [6, 6.07) is 6.28. The molecule has 3 rings (SSSR count). The van der Waals surface area contributed by atoms with Crippen LogP contribution in [0.4, 0.5) is 24.8 Å². The number of benzene rings is 1. The Bertz CT molecular complexity index is 801. The minimum Gasteiger partial charge on any atom is -0.351 e. The number of hydrogen-bond acceptors (Lipinski definition) is 4. The molecule has 1 saturated carbocycles. The Balaban J connectivity index is 1.76. The molecule has 0 aliphatic heterocycles. The molecular formula is C18H19F3N4O. The number of anilines is 2. The third-order valence-corrected chi connectivity index (χ3v) is 4.22. The van der Waals surface area contributed by atoms with Gasteiger partial charge in [0.15, 0.2) is 0 Å². The molecule has 1 heterocycles. The lowest BCUT2D eigenvalue weighted by molar-refractivity contribution is -0.137. The van der Waals surface area contributed by atoms with Gasteiger partial charge in [-0.3, -0.25) is 4.79 Å². The van der Waals surface area contributed by atoms with E-state index < -0.39 is 17.6 Å². The Labute approximate surface area is 149 Å². The van der Waals surface area contributed by atoms with Crippen molar-refractivity contribution in [3.05, 3.63) is 47.3 Å².